The van der Waals surface area contributed by atoms with Crippen molar-refractivity contribution in [3.05, 3.63) is 59.2 Å². The molecule has 0 spiro atoms. The first-order valence-corrected chi connectivity index (χ1v) is 8.32. The number of rotatable bonds is 6. The normalized spacial score (nSPS) is 10.7. The van der Waals surface area contributed by atoms with Gasteiger partial charge in [-0.3, -0.25) is 4.98 Å². The third-order valence-corrected chi connectivity index (χ3v) is 3.72. The Morgan fingerprint density at radius 3 is 2.44 bits per heavy atom. The maximum Gasteiger partial charge on any atom is 0.174 e. The molecule has 2 aromatic heterocycles. The minimum Gasteiger partial charge on any atom is -0.492 e. The van der Waals surface area contributed by atoms with Crippen LogP contribution < -0.4 is 10.1 Å². The molecule has 0 fully saturated rings. The second-order valence-corrected chi connectivity index (χ2v) is 6.20. The second kappa shape index (κ2) is 7.34. The minimum absolute atomic E-state index is 0.550. The Balaban J connectivity index is 1.58. The van der Waals surface area contributed by atoms with Crippen LogP contribution in [0.2, 0.25) is 0 Å². The van der Waals surface area contributed by atoms with Crippen molar-refractivity contribution in [3.8, 4) is 11.6 Å². The Morgan fingerprint density at radius 1 is 1.00 bits per heavy atom. The fraction of sp³-hybridized carbons (Fsp3) is 0.316. The lowest BCUT2D eigenvalue weighted by molar-refractivity contribution is 0.332. The number of anilines is 1. The number of aryl methyl sites for hydroxylation is 4. The summed E-state index contributed by atoms with van der Waals surface area (Å²) in [5.41, 5.74) is 4.39. The zero-order chi connectivity index (χ0) is 17.8. The molecule has 0 aliphatic carbocycles. The number of ether oxygens (including phenoxy) is 1. The topological polar surface area (TPSA) is 64.9 Å². The zero-order valence-corrected chi connectivity index (χ0v) is 15.1. The molecular weight excluding hydrogens is 314 g/mol. The Bertz CT molecular complexity index is 852. The SMILES string of the molecule is Cc1cc(C)cc(OCCNc2cncc(-n3nc(C)cc3C)n2)c1. The highest BCUT2D eigenvalue weighted by Gasteiger charge is 2.06. The van der Waals surface area contributed by atoms with Gasteiger partial charge in [-0.15, -0.1) is 0 Å². The first-order valence-electron chi connectivity index (χ1n) is 8.32. The van der Waals surface area contributed by atoms with Gasteiger partial charge in [0.25, 0.3) is 0 Å². The molecule has 2 heterocycles. The van der Waals surface area contributed by atoms with Crippen LogP contribution in [0.5, 0.6) is 5.75 Å². The van der Waals surface area contributed by atoms with Gasteiger partial charge in [0.1, 0.15) is 18.2 Å². The first-order chi connectivity index (χ1) is 12.0. The van der Waals surface area contributed by atoms with E-state index in [0.29, 0.717) is 24.8 Å². The maximum atomic E-state index is 5.80. The summed E-state index contributed by atoms with van der Waals surface area (Å²) >= 11 is 0. The van der Waals surface area contributed by atoms with Crippen molar-refractivity contribution < 1.29 is 4.74 Å². The van der Waals surface area contributed by atoms with E-state index in [0.717, 1.165) is 17.1 Å². The number of hydrogen-bond donors (Lipinski definition) is 1. The van der Waals surface area contributed by atoms with Crippen molar-refractivity contribution in [1.29, 1.82) is 0 Å². The highest BCUT2D eigenvalue weighted by Crippen LogP contribution is 2.16. The van der Waals surface area contributed by atoms with Crippen LogP contribution in [0.4, 0.5) is 5.82 Å². The number of nitrogens with zero attached hydrogens (tertiary/aromatic N) is 4. The van der Waals surface area contributed by atoms with Gasteiger partial charge in [-0.1, -0.05) is 6.07 Å². The quantitative estimate of drug-likeness (QED) is 0.699. The molecule has 6 nitrogen and oxygen atoms in total. The number of aromatic nitrogens is 4. The summed E-state index contributed by atoms with van der Waals surface area (Å²) in [6.45, 7) is 9.29. The summed E-state index contributed by atoms with van der Waals surface area (Å²) in [6, 6.07) is 8.22. The molecule has 1 aromatic carbocycles. The molecule has 130 valence electrons. The van der Waals surface area contributed by atoms with Gasteiger partial charge in [0.05, 0.1) is 24.6 Å². The van der Waals surface area contributed by atoms with E-state index < -0.39 is 0 Å². The summed E-state index contributed by atoms with van der Waals surface area (Å²) < 4.78 is 7.59. The molecule has 0 bridgehead atoms. The highest BCUT2D eigenvalue weighted by molar-refractivity contribution is 5.37. The van der Waals surface area contributed by atoms with Crippen molar-refractivity contribution >= 4 is 5.82 Å². The predicted octanol–water partition coefficient (Wildman–Crippen LogP) is 3.39. The third-order valence-electron chi connectivity index (χ3n) is 3.72. The Kier molecular flexibility index (Phi) is 4.97. The van der Waals surface area contributed by atoms with E-state index in [2.05, 4.69) is 40.3 Å². The van der Waals surface area contributed by atoms with Gasteiger partial charge in [0, 0.05) is 5.69 Å². The molecule has 0 saturated heterocycles. The summed E-state index contributed by atoms with van der Waals surface area (Å²) in [4.78, 5) is 8.81. The first kappa shape index (κ1) is 17.0. The van der Waals surface area contributed by atoms with Crippen molar-refractivity contribution in [2.24, 2.45) is 0 Å². The molecule has 0 unspecified atom stereocenters. The monoisotopic (exact) mass is 337 g/mol. The van der Waals surface area contributed by atoms with Crippen LogP contribution in [0.25, 0.3) is 5.82 Å². The van der Waals surface area contributed by atoms with E-state index in [4.69, 9.17) is 4.74 Å². The number of nitrogens with one attached hydrogen (secondary N) is 1. The van der Waals surface area contributed by atoms with E-state index in [-0.39, 0.29) is 0 Å². The smallest absolute Gasteiger partial charge is 0.174 e. The number of benzene rings is 1. The minimum atomic E-state index is 0.550. The van der Waals surface area contributed by atoms with Crippen LogP contribution >= 0.6 is 0 Å². The lowest BCUT2D eigenvalue weighted by atomic mass is 10.1. The fourth-order valence-corrected chi connectivity index (χ4v) is 2.77. The molecular formula is C19H23N5O. The standard InChI is InChI=1S/C19H23N5O/c1-13-7-14(2)9-17(8-13)25-6-5-21-18-11-20-12-19(22-18)24-16(4)10-15(3)23-24/h7-12H,5-6H2,1-4H3,(H,21,22). The van der Waals surface area contributed by atoms with Crippen molar-refractivity contribution in [2.45, 2.75) is 27.7 Å². The summed E-state index contributed by atoms with van der Waals surface area (Å²) in [7, 11) is 0. The van der Waals surface area contributed by atoms with Crippen molar-refractivity contribution in [3.63, 3.8) is 0 Å². The third kappa shape index (κ3) is 4.35. The van der Waals surface area contributed by atoms with Crippen LogP contribution in [0.3, 0.4) is 0 Å². The van der Waals surface area contributed by atoms with Gasteiger partial charge < -0.3 is 10.1 Å². The maximum absolute atomic E-state index is 5.80. The highest BCUT2D eigenvalue weighted by atomic mass is 16.5. The molecule has 6 heteroatoms. The summed E-state index contributed by atoms with van der Waals surface area (Å²) in [5.74, 6) is 2.29. The lowest BCUT2D eigenvalue weighted by Crippen LogP contribution is -2.13. The molecule has 0 aliphatic rings. The zero-order valence-electron chi connectivity index (χ0n) is 15.1. The molecule has 0 aliphatic heterocycles. The van der Waals surface area contributed by atoms with Crippen LogP contribution in [0.1, 0.15) is 22.5 Å². The van der Waals surface area contributed by atoms with Crippen LogP contribution in [-0.2, 0) is 0 Å². The molecule has 0 atom stereocenters. The average molecular weight is 337 g/mol. The summed E-state index contributed by atoms with van der Waals surface area (Å²) in [5, 5.41) is 7.68. The molecule has 3 aromatic rings. The van der Waals surface area contributed by atoms with Gasteiger partial charge in [0.15, 0.2) is 5.82 Å². The van der Waals surface area contributed by atoms with E-state index in [1.807, 2.05) is 32.0 Å². The van der Waals surface area contributed by atoms with Crippen molar-refractivity contribution in [1.82, 2.24) is 19.7 Å². The van der Waals surface area contributed by atoms with E-state index in [1.165, 1.54) is 11.1 Å². The molecule has 0 amide bonds. The van der Waals surface area contributed by atoms with Gasteiger partial charge in [-0.2, -0.15) is 5.10 Å². The molecule has 1 N–H and O–H groups in total. The Morgan fingerprint density at radius 2 is 1.76 bits per heavy atom. The van der Waals surface area contributed by atoms with E-state index >= 15 is 0 Å². The fourth-order valence-electron chi connectivity index (χ4n) is 2.77. The van der Waals surface area contributed by atoms with Gasteiger partial charge in [-0.25, -0.2) is 9.67 Å². The van der Waals surface area contributed by atoms with Gasteiger partial charge in [-0.05, 0) is 57.0 Å². The van der Waals surface area contributed by atoms with Crippen LogP contribution in [0.15, 0.2) is 36.7 Å². The van der Waals surface area contributed by atoms with Crippen molar-refractivity contribution in [2.75, 3.05) is 18.5 Å². The second-order valence-electron chi connectivity index (χ2n) is 6.20. The van der Waals surface area contributed by atoms with Gasteiger partial charge in [0.2, 0.25) is 0 Å². The number of hydrogen-bond acceptors (Lipinski definition) is 5. The lowest BCUT2D eigenvalue weighted by Gasteiger charge is -2.10. The molecule has 3 rings (SSSR count). The van der Waals surface area contributed by atoms with Crippen LogP contribution in [0, 0.1) is 27.7 Å². The largest absolute Gasteiger partial charge is 0.492 e. The molecule has 0 saturated carbocycles. The van der Waals surface area contributed by atoms with E-state index in [1.54, 1.807) is 17.1 Å². The summed E-state index contributed by atoms with van der Waals surface area (Å²) in [6.07, 6.45) is 3.41. The Labute approximate surface area is 147 Å². The van der Waals surface area contributed by atoms with Gasteiger partial charge >= 0.3 is 0 Å². The Hall–Kier alpha value is -2.89. The van der Waals surface area contributed by atoms with Crippen LogP contribution in [-0.4, -0.2) is 32.9 Å². The molecule has 0 radical (unpaired) electrons. The average Bonchev–Trinajstić information content (AvgIpc) is 2.89. The van der Waals surface area contributed by atoms with E-state index in [9.17, 15) is 0 Å². The predicted molar refractivity (Wildman–Crippen MR) is 98.5 cm³/mol. The molecule has 25 heavy (non-hydrogen) atoms.